The van der Waals surface area contributed by atoms with Crippen LogP contribution in [0.15, 0.2) is 42.7 Å². The number of nitrogens with one attached hydrogen (secondary N) is 1. The highest BCUT2D eigenvalue weighted by atomic mass is 16.5. The van der Waals surface area contributed by atoms with Gasteiger partial charge in [0, 0.05) is 70.3 Å². The van der Waals surface area contributed by atoms with Crippen LogP contribution in [0.2, 0.25) is 0 Å². The van der Waals surface area contributed by atoms with E-state index in [1.165, 1.54) is 0 Å². The van der Waals surface area contributed by atoms with Crippen molar-refractivity contribution < 1.29 is 9.53 Å². The summed E-state index contributed by atoms with van der Waals surface area (Å²) in [5, 5.41) is 3.34. The van der Waals surface area contributed by atoms with Crippen LogP contribution in [0.5, 0.6) is 0 Å². The van der Waals surface area contributed by atoms with Gasteiger partial charge >= 0.3 is 0 Å². The highest BCUT2D eigenvalue weighted by Crippen LogP contribution is 2.15. The van der Waals surface area contributed by atoms with Gasteiger partial charge in [-0.3, -0.25) is 9.69 Å². The zero-order valence-electron chi connectivity index (χ0n) is 16.7. The lowest BCUT2D eigenvalue weighted by Crippen LogP contribution is -2.49. The van der Waals surface area contributed by atoms with Crippen molar-refractivity contribution in [2.24, 2.45) is 0 Å². The maximum absolute atomic E-state index is 12.9. The van der Waals surface area contributed by atoms with E-state index in [1.54, 1.807) is 18.5 Å². The molecule has 0 aliphatic carbocycles. The van der Waals surface area contributed by atoms with Crippen LogP contribution in [0.1, 0.15) is 10.4 Å². The fourth-order valence-corrected chi connectivity index (χ4v) is 3.69. The Morgan fingerprint density at radius 2 is 1.83 bits per heavy atom. The number of morpholine rings is 1. The molecular formula is C21H28N6O2. The number of hydrogen-bond donors (Lipinski definition) is 1. The van der Waals surface area contributed by atoms with Crippen LogP contribution in [0.3, 0.4) is 0 Å². The Morgan fingerprint density at radius 3 is 2.59 bits per heavy atom. The average Bonchev–Trinajstić information content (AvgIpc) is 2.80. The third-order valence-corrected chi connectivity index (χ3v) is 5.38. The van der Waals surface area contributed by atoms with Gasteiger partial charge in [0.1, 0.15) is 11.6 Å². The Hall–Kier alpha value is -2.71. The normalized spacial score (nSPS) is 17.9. The van der Waals surface area contributed by atoms with Crippen molar-refractivity contribution in [3.05, 3.63) is 48.3 Å². The van der Waals surface area contributed by atoms with Gasteiger partial charge in [0.25, 0.3) is 5.91 Å². The first-order chi connectivity index (χ1) is 14.3. The van der Waals surface area contributed by atoms with Crippen LogP contribution in [0.25, 0.3) is 0 Å². The molecule has 8 heteroatoms. The summed E-state index contributed by atoms with van der Waals surface area (Å²) in [5.74, 6) is 1.77. The number of pyridine rings is 2. The standard InChI is InChI=1S/C21H28N6O2/c28-21(27-11-9-26(10-12-27)20-3-1-2-5-24-20)18-4-6-22-19(17-18)23-7-8-25-13-15-29-16-14-25/h1-6,17H,7-16H2,(H,22,23). The van der Waals surface area contributed by atoms with E-state index in [4.69, 9.17) is 4.74 Å². The Kier molecular flexibility index (Phi) is 6.53. The lowest BCUT2D eigenvalue weighted by molar-refractivity contribution is 0.0398. The molecule has 8 nitrogen and oxygen atoms in total. The SMILES string of the molecule is O=C(c1ccnc(NCCN2CCOCC2)c1)N1CCN(c2ccccn2)CC1. The van der Waals surface area contributed by atoms with Gasteiger partial charge in [0.05, 0.1) is 13.2 Å². The summed E-state index contributed by atoms with van der Waals surface area (Å²) >= 11 is 0. The predicted octanol–water partition coefficient (Wildman–Crippen LogP) is 1.18. The highest BCUT2D eigenvalue weighted by Gasteiger charge is 2.23. The van der Waals surface area contributed by atoms with Crippen LogP contribution in [0, 0.1) is 0 Å². The van der Waals surface area contributed by atoms with Gasteiger partial charge in [0.2, 0.25) is 0 Å². The molecule has 4 heterocycles. The van der Waals surface area contributed by atoms with E-state index in [2.05, 4.69) is 25.1 Å². The molecule has 2 saturated heterocycles. The number of amides is 1. The van der Waals surface area contributed by atoms with Crippen molar-refractivity contribution in [1.82, 2.24) is 19.8 Å². The maximum atomic E-state index is 12.9. The molecule has 0 radical (unpaired) electrons. The number of ether oxygens (including phenoxy) is 1. The number of rotatable bonds is 6. The lowest BCUT2D eigenvalue weighted by atomic mass is 10.2. The van der Waals surface area contributed by atoms with Crippen molar-refractivity contribution in [2.75, 3.05) is 75.8 Å². The van der Waals surface area contributed by atoms with E-state index in [-0.39, 0.29) is 5.91 Å². The van der Waals surface area contributed by atoms with Crippen molar-refractivity contribution in [3.8, 4) is 0 Å². The number of aromatic nitrogens is 2. The first kappa shape index (κ1) is 19.6. The van der Waals surface area contributed by atoms with Gasteiger partial charge in [-0.25, -0.2) is 9.97 Å². The predicted molar refractivity (Wildman–Crippen MR) is 112 cm³/mol. The molecule has 4 rings (SSSR count). The minimum atomic E-state index is 0.0595. The van der Waals surface area contributed by atoms with Gasteiger partial charge in [-0.15, -0.1) is 0 Å². The first-order valence-corrected chi connectivity index (χ1v) is 10.2. The Bertz CT molecular complexity index is 789. The summed E-state index contributed by atoms with van der Waals surface area (Å²) in [6, 6.07) is 9.56. The van der Waals surface area contributed by atoms with E-state index >= 15 is 0 Å². The first-order valence-electron chi connectivity index (χ1n) is 10.2. The Balaban J connectivity index is 1.28. The molecule has 2 fully saturated rings. The molecule has 0 unspecified atom stereocenters. The molecule has 0 bridgehead atoms. The maximum Gasteiger partial charge on any atom is 0.254 e. The minimum Gasteiger partial charge on any atom is -0.379 e. The van der Waals surface area contributed by atoms with Crippen LogP contribution in [-0.2, 0) is 4.74 Å². The summed E-state index contributed by atoms with van der Waals surface area (Å²) in [6.07, 6.45) is 3.51. The number of hydrogen-bond acceptors (Lipinski definition) is 7. The van der Waals surface area contributed by atoms with E-state index in [0.717, 1.165) is 64.1 Å². The zero-order valence-corrected chi connectivity index (χ0v) is 16.7. The smallest absolute Gasteiger partial charge is 0.254 e. The Labute approximate surface area is 171 Å². The van der Waals surface area contributed by atoms with E-state index in [9.17, 15) is 4.79 Å². The number of carbonyl (C=O) groups is 1. The summed E-state index contributed by atoms with van der Waals surface area (Å²) < 4.78 is 5.37. The van der Waals surface area contributed by atoms with Gasteiger partial charge in [-0.05, 0) is 24.3 Å². The molecule has 2 aliphatic heterocycles. The summed E-state index contributed by atoms with van der Waals surface area (Å²) in [6.45, 7) is 8.25. The molecule has 29 heavy (non-hydrogen) atoms. The molecule has 2 aromatic heterocycles. The zero-order chi connectivity index (χ0) is 19.9. The molecule has 0 saturated carbocycles. The van der Waals surface area contributed by atoms with Crippen molar-refractivity contribution in [3.63, 3.8) is 0 Å². The number of anilines is 2. The number of piperazine rings is 1. The van der Waals surface area contributed by atoms with Gasteiger partial charge < -0.3 is 19.9 Å². The van der Waals surface area contributed by atoms with Crippen molar-refractivity contribution in [1.29, 1.82) is 0 Å². The number of nitrogens with zero attached hydrogens (tertiary/aromatic N) is 5. The van der Waals surface area contributed by atoms with Crippen LogP contribution >= 0.6 is 0 Å². The molecule has 2 aliphatic rings. The van der Waals surface area contributed by atoms with Gasteiger partial charge in [-0.2, -0.15) is 0 Å². The average molecular weight is 396 g/mol. The van der Waals surface area contributed by atoms with Crippen LogP contribution < -0.4 is 10.2 Å². The van der Waals surface area contributed by atoms with Crippen LogP contribution in [-0.4, -0.2) is 91.2 Å². The molecule has 1 N–H and O–H groups in total. The van der Waals surface area contributed by atoms with Gasteiger partial charge in [-0.1, -0.05) is 6.07 Å². The fourth-order valence-electron chi connectivity index (χ4n) is 3.69. The quantitative estimate of drug-likeness (QED) is 0.786. The second kappa shape index (κ2) is 9.67. The highest BCUT2D eigenvalue weighted by molar-refractivity contribution is 5.95. The molecule has 154 valence electrons. The Morgan fingerprint density at radius 1 is 1.00 bits per heavy atom. The van der Waals surface area contributed by atoms with E-state index in [0.29, 0.717) is 18.7 Å². The van der Waals surface area contributed by atoms with E-state index in [1.807, 2.05) is 29.2 Å². The molecule has 0 aromatic carbocycles. The topological polar surface area (TPSA) is 73.8 Å². The summed E-state index contributed by atoms with van der Waals surface area (Å²) in [7, 11) is 0. The van der Waals surface area contributed by atoms with Gasteiger partial charge in [0.15, 0.2) is 0 Å². The summed E-state index contributed by atoms with van der Waals surface area (Å²) in [4.78, 5) is 28.2. The fraction of sp³-hybridized carbons (Fsp3) is 0.476. The minimum absolute atomic E-state index is 0.0595. The lowest BCUT2D eigenvalue weighted by Gasteiger charge is -2.35. The van der Waals surface area contributed by atoms with Crippen molar-refractivity contribution in [2.45, 2.75) is 0 Å². The number of carbonyl (C=O) groups excluding carboxylic acids is 1. The molecule has 0 spiro atoms. The largest absolute Gasteiger partial charge is 0.379 e. The third kappa shape index (κ3) is 5.21. The monoisotopic (exact) mass is 396 g/mol. The molecular weight excluding hydrogens is 368 g/mol. The molecule has 2 aromatic rings. The van der Waals surface area contributed by atoms with Crippen molar-refractivity contribution >= 4 is 17.5 Å². The molecule has 1 amide bonds. The second-order valence-electron chi connectivity index (χ2n) is 7.28. The third-order valence-electron chi connectivity index (χ3n) is 5.38. The van der Waals surface area contributed by atoms with E-state index < -0.39 is 0 Å². The summed E-state index contributed by atoms with van der Waals surface area (Å²) in [5.41, 5.74) is 0.681. The second-order valence-corrected chi connectivity index (χ2v) is 7.28. The molecule has 0 atom stereocenters. The van der Waals surface area contributed by atoms with Crippen LogP contribution in [0.4, 0.5) is 11.6 Å².